The third-order valence-corrected chi connectivity index (χ3v) is 2.41. The highest BCUT2D eigenvalue weighted by Gasteiger charge is 2.00. The Hall–Kier alpha value is -1.62. The van der Waals surface area contributed by atoms with Crippen molar-refractivity contribution < 1.29 is 9.47 Å². The topological polar surface area (TPSA) is 18.5 Å². The Labute approximate surface area is 97.6 Å². The van der Waals surface area contributed by atoms with Crippen molar-refractivity contribution in [3.8, 4) is 23.8 Å². The molecule has 1 aromatic carbocycles. The molecule has 0 aromatic heterocycles. The second-order valence-corrected chi connectivity index (χ2v) is 3.83. The third-order valence-electron chi connectivity index (χ3n) is 2.41. The predicted molar refractivity (Wildman–Crippen MR) is 65.7 cm³/mol. The van der Waals surface area contributed by atoms with E-state index >= 15 is 0 Å². The fraction of sp³-hybridized carbons (Fsp3) is 0.429. The van der Waals surface area contributed by atoms with Crippen LogP contribution in [0.15, 0.2) is 24.3 Å². The maximum absolute atomic E-state index is 5.60. The second-order valence-electron chi connectivity index (χ2n) is 3.83. The molecule has 1 aromatic rings. The molecule has 1 unspecified atom stereocenters. The number of ether oxygens (including phenoxy) is 2. The number of rotatable bonds is 6. The number of hydrogen-bond donors (Lipinski definition) is 0. The first-order chi connectivity index (χ1) is 7.76. The highest BCUT2D eigenvalue weighted by molar-refractivity contribution is 5.31. The monoisotopic (exact) mass is 218 g/mol. The summed E-state index contributed by atoms with van der Waals surface area (Å²) >= 11 is 0. The minimum atomic E-state index is 0.517. The molecule has 2 heteroatoms. The lowest BCUT2D eigenvalue weighted by Gasteiger charge is -2.10. The van der Waals surface area contributed by atoms with Gasteiger partial charge in [0.25, 0.3) is 0 Å². The van der Waals surface area contributed by atoms with Crippen LogP contribution in [0.1, 0.15) is 19.8 Å². The van der Waals surface area contributed by atoms with Gasteiger partial charge >= 0.3 is 0 Å². The fourth-order valence-corrected chi connectivity index (χ4v) is 1.35. The molecule has 0 bridgehead atoms. The molecule has 2 nitrogen and oxygen atoms in total. The number of methoxy groups -OCH3 is 1. The zero-order valence-electron chi connectivity index (χ0n) is 9.90. The number of benzene rings is 1. The molecule has 0 spiro atoms. The molecule has 0 N–H and O–H groups in total. The third kappa shape index (κ3) is 4.27. The van der Waals surface area contributed by atoms with Crippen LogP contribution in [0.2, 0.25) is 0 Å². The summed E-state index contributed by atoms with van der Waals surface area (Å²) in [5.41, 5.74) is 0. The molecule has 0 heterocycles. The van der Waals surface area contributed by atoms with E-state index in [4.69, 9.17) is 15.9 Å². The van der Waals surface area contributed by atoms with E-state index in [1.54, 1.807) is 7.11 Å². The molecule has 0 radical (unpaired) electrons. The van der Waals surface area contributed by atoms with E-state index in [0.29, 0.717) is 12.5 Å². The average molecular weight is 218 g/mol. The Bertz CT molecular complexity index is 335. The van der Waals surface area contributed by atoms with Gasteiger partial charge in [-0.15, -0.1) is 12.3 Å². The van der Waals surface area contributed by atoms with Crippen molar-refractivity contribution in [2.75, 3.05) is 13.7 Å². The van der Waals surface area contributed by atoms with E-state index in [1.165, 1.54) is 0 Å². The molecule has 0 saturated carbocycles. The van der Waals surface area contributed by atoms with Crippen LogP contribution < -0.4 is 9.47 Å². The van der Waals surface area contributed by atoms with Gasteiger partial charge in [-0.25, -0.2) is 0 Å². The maximum Gasteiger partial charge on any atom is 0.119 e. The van der Waals surface area contributed by atoms with Crippen LogP contribution in [-0.4, -0.2) is 13.7 Å². The normalized spacial score (nSPS) is 11.6. The van der Waals surface area contributed by atoms with Crippen molar-refractivity contribution in [1.29, 1.82) is 0 Å². The van der Waals surface area contributed by atoms with E-state index in [9.17, 15) is 0 Å². The molecule has 16 heavy (non-hydrogen) atoms. The minimum Gasteiger partial charge on any atom is -0.497 e. The SMILES string of the molecule is C#CCC(C)CCOc1ccc(OC)cc1. The number of terminal acetylenes is 1. The lowest BCUT2D eigenvalue weighted by Crippen LogP contribution is -2.03. The Morgan fingerprint density at radius 3 is 2.44 bits per heavy atom. The van der Waals surface area contributed by atoms with Gasteiger partial charge in [-0.2, -0.15) is 0 Å². The highest BCUT2D eigenvalue weighted by atomic mass is 16.5. The molecule has 1 rings (SSSR count). The molecule has 86 valence electrons. The summed E-state index contributed by atoms with van der Waals surface area (Å²) in [6, 6.07) is 7.59. The Kier molecular flexibility index (Phi) is 5.28. The molecule has 0 saturated heterocycles. The van der Waals surface area contributed by atoms with Crippen molar-refractivity contribution in [3.63, 3.8) is 0 Å². The van der Waals surface area contributed by atoms with E-state index < -0.39 is 0 Å². The standard InChI is InChI=1S/C14H18O2/c1-4-5-12(2)10-11-16-14-8-6-13(15-3)7-9-14/h1,6-9,12H,5,10-11H2,2-3H3. The van der Waals surface area contributed by atoms with Crippen LogP contribution in [0.25, 0.3) is 0 Å². The van der Waals surface area contributed by atoms with E-state index in [-0.39, 0.29) is 0 Å². The van der Waals surface area contributed by atoms with Gasteiger partial charge in [-0.1, -0.05) is 6.92 Å². The summed E-state index contributed by atoms with van der Waals surface area (Å²) in [5.74, 6) is 4.89. The van der Waals surface area contributed by atoms with Crippen LogP contribution in [0.4, 0.5) is 0 Å². The van der Waals surface area contributed by atoms with E-state index in [0.717, 1.165) is 24.3 Å². The predicted octanol–water partition coefficient (Wildman–Crippen LogP) is 3.12. The van der Waals surface area contributed by atoms with Crippen molar-refractivity contribution in [1.82, 2.24) is 0 Å². The van der Waals surface area contributed by atoms with Gasteiger partial charge in [0.15, 0.2) is 0 Å². The van der Waals surface area contributed by atoms with E-state index in [1.807, 2.05) is 24.3 Å². The Morgan fingerprint density at radius 2 is 1.88 bits per heavy atom. The summed E-state index contributed by atoms with van der Waals surface area (Å²) in [6.45, 7) is 2.84. The van der Waals surface area contributed by atoms with Crippen LogP contribution in [0, 0.1) is 18.3 Å². The molecular weight excluding hydrogens is 200 g/mol. The quantitative estimate of drug-likeness (QED) is 0.683. The molecule has 0 aliphatic carbocycles. The average Bonchev–Trinajstić information content (AvgIpc) is 2.30. The Balaban J connectivity index is 2.29. The summed E-state index contributed by atoms with van der Waals surface area (Å²) in [5, 5.41) is 0. The van der Waals surface area contributed by atoms with E-state index in [2.05, 4.69) is 12.8 Å². The summed E-state index contributed by atoms with van der Waals surface area (Å²) < 4.78 is 10.7. The second kappa shape index (κ2) is 6.79. The lowest BCUT2D eigenvalue weighted by atomic mass is 10.1. The van der Waals surface area contributed by atoms with Crippen LogP contribution in [0.5, 0.6) is 11.5 Å². The summed E-state index contributed by atoms with van der Waals surface area (Å²) in [7, 11) is 1.65. The van der Waals surface area contributed by atoms with Gasteiger partial charge in [0, 0.05) is 6.42 Å². The highest BCUT2D eigenvalue weighted by Crippen LogP contribution is 2.17. The zero-order valence-corrected chi connectivity index (χ0v) is 9.90. The minimum absolute atomic E-state index is 0.517. The van der Waals surface area contributed by atoms with Gasteiger partial charge in [-0.05, 0) is 36.6 Å². The summed E-state index contributed by atoms with van der Waals surface area (Å²) in [6.07, 6.45) is 7.03. The molecular formula is C14H18O2. The molecule has 0 amide bonds. The van der Waals surface area contributed by atoms with Gasteiger partial charge in [0.05, 0.1) is 13.7 Å². The Morgan fingerprint density at radius 1 is 1.25 bits per heavy atom. The van der Waals surface area contributed by atoms with Crippen molar-refractivity contribution in [2.45, 2.75) is 19.8 Å². The first-order valence-corrected chi connectivity index (χ1v) is 5.46. The van der Waals surface area contributed by atoms with Crippen LogP contribution in [-0.2, 0) is 0 Å². The zero-order chi connectivity index (χ0) is 11.8. The van der Waals surface area contributed by atoms with Gasteiger partial charge in [-0.3, -0.25) is 0 Å². The van der Waals surface area contributed by atoms with Gasteiger partial charge in [0.2, 0.25) is 0 Å². The van der Waals surface area contributed by atoms with Crippen molar-refractivity contribution in [2.24, 2.45) is 5.92 Å². The lowest BCUT2D eigenvalue weighted by molar-refractivity contribution is 0.285. The first-order valence-electron chi connectivity index (χ1n) is 5.46. The van der Waals surface area contributed by atoms with Gasteiger partial charge in [0.1, 0.15) is 11.5 Å². The molecule has 1 atom stereocenters. The smallest absolute Gasteiger partial charge is 0.119 e. The van der Waals surface area contributed by atoms with Gasteiger partial charge < -0.3 is 9.47 Å². The number of hydrogen-bond acceptors (Lipinski definition) is 2. The van der Waals surface area contributed by atoms with Crippen LogP contribution in [0.3, 0.4) is 0 Å². The molecule has 0 aliphatic rings. The largest absolute Gasteiger partial charge is 0.497 e. The summed E-state index contributed by atoms with van der Waals surface area (Å²) in [4.78, 5) is 0. The van der Waals surface area contributed by atoms with Crippen LogP contribution >= 0.6 is 0 Å². The molecule has 0 fully saturated rings. The van der Waals surface area contributed by atoms with Crippen molar-refractivity contribution >= 4 is 0 Å². The first kappa shape index (κ1) is 12.4. The van der Waals surface area contributed by atoms with Crippen molar-refractivity contribution in [3.05, 3.63) is 24.3 Å². The molecule has 0 aliphatic heterocycles. The fourth-order valence-electron chi connectivity index (χ4n) is 1.35. The maximum atomic E-state index is 5.60.